The highest BCUT2D eigenvalue weighted by Gasteiger charge is 2.12. The summed E-state index contributed by atoms with van der Waals surface area (Å²) in [5.74, 6) is 0.712. The molecule has 0 fully saturated rings. The molecule has 0 bridgehead atoms. The molecule has 0 aliphatic heterocycles. The van der Waals surface area contributed by atoms with Crippen molar-refractivity contribution >= 4 is 11.8 Å². The van der Waals surface area contributed by atoms with Crippen molar-refractivity contribution in [1.29, 1.82) is 0 Å². The fraction of sp³-hybridized carbons (Fsp3) is 0.364. The summed E-state index contributed by atoms with van der Waals surface area (Å²) in [6.45, 7) is 4.17. The maximum Gasteiger partial charge on any atom is 0.253 e. The van der Waals surface area contributed by atoms with Crippen LogP contribution in [0.4, 0.5) is 0 Å². The summed E-state index contributed by atoms with van der Waals surface area (Å²) in [4.78, 5) is 27.9. The first-order valence-electron chi connectivity index (χ1n) is 9.36. The molecule has 0 aromatic heterocycles. The summed E-state index contributed by atoms with van der Waals surface area (Å²) in [6, 6.07) is 15.2. The Morgan fingerprint density at radius 3 is 2.32 bits per heavy atom. The number of nitrogens with one attached hydrogen (secondary N) is 1. The Hall–Kier alpha value is -2.86. The summed E-state index contributed by atoms with van der Waals surface area (Å²) in [5, 5.41) is 2.95. The van der Waals surface area contributed by atoms with E-state index in [1.807, 2.05) is 55.5 Å². The average Bonchev–Trinajstić information content (AvgIpc) is 2.71. The lowest BCUT2D eigenvalue weighted by Gasteiger charge is -2.20. The van der Waals surface area contributed by atoms with Gasteiger partial charge in [-0.25, -0.2) is 0 Å². The van der Waals surface area contributed by atoms with Gasteiger partial charge in [0.25, 0.3) is 5.91 Å². The number of nitrogens with zero attached hydrogens (tertiary/aromatic N) is 2. The van der Waals surface area contributed by atoms with Gasteiger partial charge in [0, 0.05) is 38.3 Å². The molecule has 0 unspecified atom stereocenters. The lowest BCUT2D eigenvalue weighted by molar-refractivity contribution is -0.122. The van der Waals surface area contributed by atoms with Crippen molar-refractivity contribution in [3.8, 4) is 5.75 Å². The minimum Gasteiger partial charge on any atom is -0.496 e. The summed E-state index contributed by atoms with van der Waals surface area (Å²) < 4.78 is 5.31. The number of para-hydroxylation sites is 1. The molecule has 0 aliphatic rings. The maximum atomic E-state index is 12.4. The van der Waals surface area contributed by atoms with Crippen molar-refractivity contribution in [2.75, 3.05) is 34.3 Å². The van der Waals surface area contributed by atoms with Gasteiger partial charge >= 0.3 is 0 Å². The fourth-order valence-electron chi connectivity index (χ4n) is 2.85. The summed E-state index contributed by atoms with van der Waals surface area (Å²) >= 11 is 0. The zero-order chi connectivity index (χ0) is 20.5. The van der Waals surface area contributed by atoms with Crippen LogP contribution in [0.3, 0.4) is 0 Å². The highest BCUT2D eigenvalue weighted by atomic mass is 16.5. The van der Waals surface area contributed by atoms with Crippen LogP contribution in [0.15, 0.2) is 48.5 Å². The van der Waals surface area contributed by atoms with E-state index in [4.69, 9.17) is 4.74 Å². The Balaban J connectivity index is 1.89. The normalized spacial score (nSPS) is 10.6. The number of carbonyl (C=O) groups is 2. The second-order valence-electron chi connectivity index (χ2n) is 6.79. The van der Waals surface area contributed by atoms with E-state index in [2.05, 4.69) is 10.2 Å². The van der Waals surface area contributed by atoms with Crippen LogP contribution in [0.2, 0.25) is 0 Å². The molecule has 6 heteroatoms. The van der Waals surface area contributed by atoms with Gasteiger partial charge in [0.2, 0.25) is 5.91 Å². The molecule has 6 nitrogen and oxygen atoms in total. The third kappa shape index (κ3) is 6.09. The van der Waals surface area contributed by atoms with Crippen LogP contribution in [0.25, 0.3) is 0 Å². The number of benzene rings is 2. The Bertz CT molecular complexity index is 788. The zero-order valence-electron chi connectivity index (χ0n) is 17.1. The monoisotopic (exact) mass is 383 g/mol. The molecule has 0 atom stereocenters. The molecule has 0 aliphatic carbocycles. The summed E-state index contributed by atoms with van der Waals surface area (Å²) in [7, 11) is 5.09. The van der Waals surface area contributed by atoms with Crippen molar-refractivity contribution < 1.29 is 14.3 Å². The van der Waals surface area contributed by atoms with Crippen molar-refractivity contribution in [1.82, 2.24) is 15.1 Å². The van der Waals surface area contributed by atoms with Gasteiger partial charge in [0.1, 0.15) is 5.75 Å². The number of hydrogen-bond donors (Lipinski definition) is 1. The number of ether oxygens (including phenoxy) is 1. The molecule has 0 spiro atoms. The smallest absolute Gasteiger partial charge is 0.253 e. The molecule has 0 radical (unpaired) electrons. The van der Waals surface area contributed by atoms with Crippen molar-refractivity contribution in [2.24, 2.45) is 0 Å². The largest absolute Gasteiger partial charge is 0.496 e. The Kier molecular flexibility index (Phi) is 8.02. The van der Waals surface area contributed by atoms with Crippen molar-refractivity contribution in [3.05, 3.63) is 65.2 Å². The van der Waals surface area contributed by atoms with Gasteiger partial charge in [0.15, 0.2) is 0 Å². The Morgan fingerprint density at radius 1 is 1.04 bits per heavy atom. The third-order valence-electron chi connectivity index (χ3n) is 4.50. The Morgan fingerprint density at radius 2 is 1.71 bits per heavy atom. The molecule has 0 heterocycles. The average molecular weight is 383 g/mol. The van der Waals surface area contributed by atoms with Gasteiger partial charge in [0.05, 0.1) is 13.7 Å². The van der Waals surface area contributed by atoms with E-state index in [-0.39, 0.29) is 11.8 Å². The van der Waals surface area contributed by atoms with Crippen LogP contribution >= 0.6 is 0 Å². The van der Waals surface area contributed by atoms with E-state index >= 15 is 0 Å². The third-order valence-corrected chi connectivity index (χ3v) is 4.50. The zero-order valence-corrected chi connectivity index (χ0v) is 17.1. The van der Waals surface area contributed by atoms with Crippen molar-refractivity contribution in [3.63, 3.8) is 0 Å². The molecule has 28 heavy (non-hydrogen) atoms. The fourth-order valence-corrected chi connectivity index (χ4v) is 2.85. The van der Waals surface area contributed by atoms with E-state index in [1.165, 1.54) is 0 Å². The molecule has 2 aromatic rings. The van der Waals surface area contributed by atoms with Crippen LogP contribution in [0.1, 0.15) is 28.4 Å². The van der Waals surface area contributed by atoms with E-state index in [1.54, 1.807) is 26.1 Å². The van der Waals surface area contributed by atoms with E-state index in [0.717, 1.165) is 23.4 Å². The first kappa shape index (κ1) is 21.4. The summed E-state index contributed by atoms with van der Waals surface area (Å²) in [6.07, 6.45) is 0. The van der Waals surface area contributed by atoms with Gasteiger partial charge in [-0.1, -0.05) is 37.3 Å². The van der Waals surface area contributed by atoms with Gasteiger partial charge in [-0.3, -0.25) is 14.5 Å². The predicted molar refractivity (Wildman–Crippen MR) is 110 cm³/mol. The minimum atomic E-state index is -0.0350. The van der Waals surface area contributed by atoms with Crippen LogP contribution in [-0.4, -0.2) is 55.9 Å². The standard InChI is InChI=1S/C22H29N3O3/c1-5-25(15-17-10-12-18(13-11-17)22(27)24(2)3)16-21(26)23-14-19-8-6-7-9-20(19)28-4/h6-13H,5,14-16H2,1-4H3,(H,23,26). The van der Waals surface area contributed by atoms with Gasteiger partial charge in [-0.2, -0.15) is 0 Å². The molecule has 0 saturated heterocycles. The number of methoxy groups -OCH3 is 1. The number of amides is 2. The number of likely N-dealkylation sites (N-methyl/N-ethyl adjacent to an activating group) is 1. The number of hydrogen-bond acceptors (Lipinski definition) is 4. The highest BCUT2D eigenvalue weighted by molar-refractivity contribution is 5.93. The van der Waals surface area contributed by atoms with Crippen LogP contribution < -0.4 is 10.1 Å². The molecule has 2 rings (SSSR count). The lowest BCUT2D eigenvalue weighted by Crippen LogP contribution is -2.36. The van der Waals surface area contributed by atoms with E-state index in [9.17, 15) is 9.59 Å². The molecule has 1 N–H and O–H groups in total. The van der Waals surface area contributed by atoms with Crippen LogP contribution in [0.5, 0.6) is 5.75 Å². The van der Waals surface area contributed by atoms with Crippen LogP contribution in [0, 0.1) is 0 Å². The van der Waals surface area contributed by atoms with Crippen LogP contribution in [-0.2, 0) is 17.9 Å². The molecule has 0 saturated carbocycles. The first-order valence-corrected chi connectivity index (χ1v) is 9.36. The lowest BCUT2D eigenvalue weighted by atomic mass is 10.1. The Labute approximate surface area is 167 Å². The number of carbonyl (C=O) groups excluding carboxylic acids is 2. The molecular formula is C22H29N3O3. The molecule has 2 aromatic carbocycles. The van der Waals surface area contributed by atoms with Gasteiger partial charge in [-0.15, -0.1) is 0 Å². The summed E-state index contributed by atoms with van der Waals surface area (Å²) in [5.41, 5.74) is 2.67. The number of rotatable bonds is 9. The van der Waals surface area contributed by atoms with Gasteiger partial charge < -0.3 is 15.0 Å². The topological polar surface area (TPSA) is 61.9 Å². The second kappa shape index (κ2) is 10.5. The van der Waals surface area contributed by atoms with E-state index < -0.39 is 0 Å². The highest BCUT2D eigenvalue weighted by Crippen LogP contribution is 2.16. The molecular weight excluding hydrogens is 354 g/mol. The maximum absolute atomic E-state index is 12.4. The molecule has 2 amide bonds. The van der Waals surface area contributed by atoms with E-state index in [0.29, 0.717) is 25.2 Å². The molecule has 150 valence electrons. The van der Waals surface area contributed by atoms with Gasteiger partial charge in [-0.05, 0) is 30.3 Å². The first-order chi connectivity index (χ1) is 13.4. The SMILES string of the molecule is CCN(CC(=O)NCc1ccccc1OC)Cc1ccc(C(=O)N(C)C)cc1. The second-order valence-corrected chi connectivity index (χ2v) is 6.79. The predicted octanol–water partition coefficient (Wildman–Crippen LogP) is 2.54. The van der Waals surface area contributed by atoms with Crippen molar-refractivity contribution in [2.45, 2.75) is 20.0 Å². The minimum absolute atomic E-state index is 0.0189. The quantitative estimate of drug-likeness (QED) is 0.723.